The van der Waals surface area contributed by atoms with E-state index in [9.17, 15) is 13.2 Å². The molecular weight excluding hydrogens is 241 g/mol. The van der Waals surface area contributed by atoms with Gasteiger partial charge in [-0.2, -0.15) is 13.2 Å². The fraction of sp³-hybridized carbons (Fsp3) is 0.769. The van der Waals surface area contributed by atoms with Crippen LogP contribution in [0, 0.1) is 11.8 Å². The molecular formula is C13H19F3N2. The summed E-state index contributed by atoms with van der Waals surface area (Å²) < 4.78 is 38.0. The molecule has 0 radical (unpaired) electrons. The number of imidazole rings is 1. The first kappa shape index (κ1) is 13.4. The fourth-order valence-electron chi connectivity index (χ4n) is 2.36. The molecule has 1 aromatic rings. The number of nitrogens with zero attached hydrogens (tertiary/aromatic N) is 1. The van der Waals surface area contributed by atoms with Crippen molar-refractivity contribution < 1.29 is 13.2 Å². The number of rotatable bonds is 3. The van der Waals surface area contributed by atoms with Crippen molar-refractivity contribution in [2.24, 2.45) is 11.8 Å². The molecule has 1 atom stereocenters. The van der Waals surface area contributed by atoms with Crippen LogP contribution in [0.4, 0.5) is 13.2 Å². The number of H-pyrrole nitrogens is 1. The Kier molecular flexibility index (Phi) is 3.69. The van der Waals surface area contributed by atoms with E-state index in [1.54, 1.807) is 0 Å². The molecule has 1 aromatic heterocycles. The first-order valence-electron chi connectivity index (χ1n) is 6.49. The Balaban J connectivity index is 2.05. The van der Waals surface area contributed by atoms with E-state index in [2.05, 4.69) is 23.8 Å². The average Bonchev–Trinajstić information content (AvgIpc) is 2.66. The van der Waals surface area contributed by atoms with Gasteiger partial charge >= 0.3 is 6.18 Å². The number of fused-ring (bicyclic) bond motifs is 1. The molecule has 1 heterocycles. The Morgan fingerprint density at radius 3 is 2.72 bits per heavy atom. The summed E-state index contributed by atoms with van der Waals surface area (Å²) >= 11 is 0. The van der Waals surface area contributed by atoms with E-state index >= 15 is 0 Å². The van der Waals surface area contributed by atoms with Crippen LogP contribution in [0.5, 0.6) is 0 Å². The molecule has 0 amide bonds. The van der Waals surface area contributed by atoms with Crippen LogP contribution in [0.25, 0.3) is 0 Å². The van der Waals surface area contributed by atoms with Crippen molar-refractivity contribution in [3.63, 3.8) is 0 Å². The minimum atomic E-state index is -4.08. The predicted octanol–water partition coefficient (Wildman–Crippen LogP) is 3.67. The maximum absolute atomic E-state index is 12.7. The van der Waals surface area contributed by atoms with Gasteiger partial charge in [0.05, 0.1) is 11.6 Å². The molecule has 1 unspecified atom stereocenters. The Labute approximate surface area is 105 Å². The summed E-state index contributed by atoms with van der Waals surface area (Å²) in [5.74, 6) is 0.218. The quantitative estimate of drug-likeness (QED) is 0.882. The zero-order chi connectivity index (χ0) is 13.3. The van der Waals surface area contributed by atoms with Gasteiger partial charge < -0.3 is 4.98 Å². The van der Waals surface area contributed by atoms with Gasteiger partial charge in [-0.05, 0) is 25.2 Å². The SMILES string of the molecule is CC(C)CCc1nc2c([nH]1)CC(C(F)(F)F)CC2. The summed E-state index contributed by atoms with van der Waals surface area (Å²) in [7, 11) is 0. The van der Waals surface area contributed by atoms with Gasteiger partial charge in [-0.15, -0.1) is 0 Å². The van der Waals surface area contributed by atoms with Gasteiger partial charge in [-0.1, -0.05) is 13.8 Å². The lowest BCUT2D eigenvalue weighted by atomic mass is 9.89. The molecule has 1 N–H and O–H groups in total. The Morgan fingerprint density at radius 1 is 1.39 bits per heavy atom. The van der Waals surface area contributed by atoms with Crippen LogP contribution in [0.3, 0.4) is 0 Å². The van der Waals surface area contributed by atoms with Crippen molar-refractivity contribution >= 4 is 0 Å². The van der Waals surface area contributed by atoms with Crippen molar-refractivity contribution in [1.29, 1.82) is 0 Å². The molecule has 0 saturated heterocycles. The van der Waals surface area contributed by atoms with Crippen molar-refractivity contribution in [2.45, 2.75) is 52.1 Å². The van der Waals surface area contributed by atoms with E-state index in [4.69, 9.17) is 0 Å². The minimum Gasteiger partial charge on any atom is -0.346 e. The highest BCUT2D eigenvalue weighted by Crippen LogP contribution is 2.36. The van der Waals surface area contributed by atoms with E-state index in [1.807, 2.05) is 0 Å². The normalized spacial score (nSPS) is 20.2. The zero-order valence-corrected chi connectivity index (χ0v) is 10.8. The second-order valence-electron chi connectivity index (χ2n) is 5.52. The summed E-state index contributed by atoms with van der Waals surface area (Å²) in [5, 5.41) is 0. The third-order valence-electron chi connectivity index (χ3n) is 3.51. The largest absolute Gasteiger partial charge is 0.392 e. The molecule has 102 valence electrons. The highest BCUT2D eigenvalue weighted by atomic mass is 19.4. The number of aryl methyl sites for hydroxylation is 2. The van der Waals surface area contributed by atoms with Crippen molar-refractivity contribution in [1.82, 2.24) is 9.97 Å². The monoisotopic (exact) mass is 260 g/mol. The number of hydrogen-bond donors (Lipinski definition) is 1. The van der Waals surface area contributed by atoms with Crippen LogP contribution in [0.15, 0.2) is 0 Å². The summed E-state index contributed by atoms with van der Waals surface area (Å²) in [5.41, 5.74) is 1.54. The van der Waals surface area contributed by atoms with E-state index in [1.165, 1.54) is 0 Å². The summed E-state index contributed by atoms with van der Waals surface area (Å²) in [6.07, 6.45) is -1.58. The first-order valence-corrected chi connectivity index (χ1v) is 6.49. The highest BCUT2D eigenvalue weighted by Gasteiger charge is 2.41. The lowest BCUT2D eigenvalue weighted by molar-refractivity contribution is -0.177. The first-order chi connectivity index (χ1) is 8.36. The van der Waals surface area contributed by atoms with Crippen LogP contribution in [-0.2, 0) is 19.3 Å². The topological polar surface area (TPSA) is 28.7 Å². The van der Waals surface area contributed by atoms with E-state index in [-0.39, 0.29) is 12.8 Å². The molecule has 2 nitrogen and oxygen atoms in total. The summed E-state index contributed by atoms with van der Waals surface area (Å²) in [4.78, 5) is 7.50. The Hall–Kier alpha value is -1.00. The molecule has 0 aromatic carbocycles. The number of nitrogens with one attached hydrogen (secondary N) is 1. The molecule has 0 aliphatic heterocycles. The van der Waals surface area contributed by atoms with Gasteiger partial charge in [0.2, 0.25) is 0 Å². The molecule has 5 heteroatoms. The molecule has 0 saturated carbocycles. The van der Waals surface area contributed by atoms with Crippen LogP contribution < -0.4 is 0 Å². The third kappa shape index (κ3) is 3.06. The van der Waals surface area contributed by atoms with Gasteiger partial charge in [0.15, 0.2) is 0 Å². The van der Waals surface area contributed by atoms with Gasteiger partial charge in [-0.25, -0.2) is 4.98 Å². The maximum atomic E-state index is 12.7. The standard InChI is InChI=1S/C13H19F3N2/c1-8(2)3-6-12-17-10-5-4-9(13(14,15)16)7-11(10)18-12/h8-9H,3-7H2,1-2H3,(H,17,18). The van der Waals surface area contributed by atoms with E-state index in [0.717, 1.165) is 24.4 Å². The number of aromatic nitrogens is 2. The van der Waals surface area contributed by atoms with Crippen molar-refractivity contribution in [3.05, 3.63) is 17.2 Å². The minimum absolute atomic E-state index is 0.0630. The third-order valence-corrected chi connectivity index (χ3v) is 3.51. The van der Waals surface area contributed by atoms with Crippen LogP contribution in [-0.4, -0.2) is 16.1 Å². The molecule has 2 rings (SSSR count). The zero-order valence-electron chi connectivity index (χ0n) is 10.8. The summed E-state index contributed by atoms with van der Waals surface area (Å²) in [6, 6.07) is 0. The number of halogens is 3. The van der Waals surface area contributed by atoms with Crippen LogP contribution in [0.1, 0.15) is 43.9 Å². The van der Waals surface area contributed by atoms with Crippen molar-refractivity contribution in [2.75, 3.05) is 0 Å². The van der Waals surface area contributed by atoms with Gasteiger partial charge in [0, 0.05) is 18.5 Å². The fourth-order valence-corrected chi connectivity index (χ4v) is 2.36. The molecule has 1 aliphatic rings. The molecule has 1 aliphatic carbocycles. The van der Waals surface area contributed by atoms with Gasteiger partial charge in [0.25, 0.3) is 0 Å². The van der Waals surface area contributed by atoms with Crippen molar-refractivity contribution in [3.8, 4) is 0 Å². The smallest absolute Gasteiger partial charge is 0.346 e. The average molecular weight is 260 g/mol. The maximum Gasteiger partial charge on any atom is 0.392 e. The van der Waals surface area contributed by atoms with Crippen LogP contribution >= 0.6 is 0 Å². The Bertz CT molecular complexity index is 407. The lowest BCUT2D eigenvalue weighted by Gasteiger charge is -2.23. The van der Waals surface area contributed by atoms with Gasteiger partial charge in [0.1, 0.15) is 5.82 Å². The second-order valence-corrected chi connectivity index (χ2v) is 5.52. The molecule has 0 bridgehead atoms. The second kappa shape index (κ2) is 4.94. The number of alkyl halides is 3. The Morgan fingerprint density at radius 2 is 2.11 bits per heavy atom. The molecule has 0 spiro atoms. The lowest BCUT2D eigenvalue weighted by Crippen LogP contribution is -2.28. The predicted molar refractivity (Wildman–Crippen MR) is 63.3 cm³/mol. The molecule has 0 fully saturated rings. The van der Waals surface area contributed by atoms with Gasteiger partial charge in [-0.3, -0.25) is 0 Å². The van der Waals surface area contributed by atoms with E-state index in [0.29, 0.717) is 18.0 Å². The summed E-state index contributed by atoms with van der Waals surface area (Å²) in [6.45, 7) is 4.26. The van der Waals surface area contributed by atoms with Crippen LogP contribution in [0.2, 0.25) is 0 Å². The highest BCUT2D eigenvalue weighted by molar-refractivity contribution is 5.19. The number of hydrogen-bond acceptors (Lipinski definition) is 1. The van der Waals surface area contributed by atoms with E-state index < -0.39 is 12.1 Å². The number of aromatic amines is 1. The molecule has 18 heavy (non-hydrogen) atoms.